The molecule has 108 valence electrons. The van der Waals surface area contributed by atoms with Crippen LogP contribution in [-0.4, -0.2) is 7.11 Å². The van der Waals surface area contributed by atoms with Crippen molar-refractivity contribution < 1.29 is 9.15 Å². The first-order valence-corrected chi connectivity index (χ1v) is 7.12. The van der Waals surface area contributed by atoms with Crippen LogP contribution in [0.5, 0.6) is 5.75 Å². The van der Waals surface area contributed by atoms with Crippen LogP contribution >= 0.6 is 0 Å². The Balaban J connectivity index is 2.01. The molecule has 0 amide bonds. The molecule has 0 spiro atoms. The second-order valence-electron chi connectivity index (χ2n) is 5.10. The largest absolute Gasteiger partial charge is 0.497 e. The van der Waals surface area contributed by atoms with Crippen LogP contribution in [0.1, 0.15) is 29.9 Å². The van der Waals surface area contributed by atoms with Crippen LogP contribution < -0.4 is 10.5 Å². The number of ether oxygens (including phenoxy) is 1. The van der Waals surface area contributed by atoms with Gasteiger partial charge in [0.1, 0.15) is 11.5 Å². The first-order chi connectivity index (χ1) is 10.2. The normalized spacial score (nSPS) is 12.5. The topological polar surface area (TPSA) is 48.4 Å². The van der Waals surface area contributed by atoms with Gasteiger partial charge in [-0.25, -0.2) is 0 Å². The first-order valence-electron chi connectivity index (χ1n) is 7.12. The molecule has 0 radical (unpaired) electrons. The quantitative estimate of drug-likeness (QED) is 0.784. The number of fused-ring (bicyclic) bond motifs is 1. The average Bonchev–Trinajstić information content (AvgIpc) is 3.01. The molecule has 21 heavy (non-hydrogen) atoms. The molecule has 1 atom stereocenters. The van der Waals surface area contributed by atoms with Gasteiger partial charge < -0.3 is 14.9 Å². The van der Waals surface area contributed by atoms with Gasteiger partial charge in [-0.15, -0.1) is 0 Å². The zero-order chi connectivity index (χ0) is 14.8. The SMILES string of the molecule is CCc1occc1C(N)c1ccc2cc(OC)ccc2c1. The summed E-state index contributed by atoms with van der Waals surface area (Å²) in [6, 6.07) is 14.1. The molecular weight excluding hydrogens is 262 g/mol. The van der Waals surface area contributed by atoms with Gasteiger partial charge in [0.2, 0.25) is 0 Å². The van der Waals surface area contributed by atoms with E-state index in [1.165, 1.54) is 0 Å². The molecule has 3 rings (SSSR count). The maximum Gasteiger partial charge on any atom is 0.119 e. The summed E-state index contributed by atoms with van der Waals surface area (Å²) in [5.41, 5.74) is 8.55. The van der Waals surface area contributed by atoms with Gasteiger partial charge in [0.05, 0.1) is 19.4 Å². The molecule has 3 heteroatoms. The predicted octanol–water partition coefficient (Wildman–Crippen LogP) is 4.05. The van der Waals surface area contributed by atoms with Crippen molar-refractivity contribution in [1.82, 2.24) is 0 Å². The highest BCUT2D eigenvalue weighted by molar-refractivity contribution is 5.84. The number of nitrogens with two attached hydrogens (primary N) is 1. The van der Waals surface area contributed by atoms with Crippen LogP contribution in [0.25, 0.3) is 10.8 Å². The van der Waals surface area contributed by atoms with E-state index in [9.17, 15) is 0 Å². The maximum absolute atomic E-state index is 6.40. The van der Waals surface area contributed by atoms with Gasteiger partial charge in [0.15, 0.2) is 0 Å². The van der Waals surface area contributed by atoms with Crippen LogP contribution in [0, 0.1) is 0 Å². The number of benzene rings is 2. The lowest BCUT2D eigenvalue weighted by Gasteiger charge is -2.13. The van der Waals surface area contributed by atoms with Crippen molar-refractivity contribution in [1.29, 1.82) is 0 Å². The van der Waals surface area contributed by atoms with Gasteiger partial charge >= 0.3 is 0 Å². The van der Waals surface area contributed by atoms with Crippen LogP contribution in [0.4, 0.5) is 0 Å². The maximum atomic E-state index is 6.40. The summed E-state index contributed by atoms with van der Waals surface area (Å²) in [6.07, 6.45) is 2.56. The summed E-state index contributed by atoms with van der Waals surface area (Å²) in [5, 5.41) is 2.30. The van der Waals surface area contributed by atoms with E-state index in [0.29, 0.717) is 0 Å². The van der Waals surface area contributed by atoms with Crippen LogP contribution in [-0.2, 0) is 6.42 Å². The highest BCUT2D eigenvalue weighted by atomic mass is 16.5. The van der Waals surface area contributed by atoms with E-state index in [2.05, 4.69) is 31.2 Å². The molecule has 0 saturated carbocycles. The molecule has 3 aromatic rings. The van der Waals surface area contributed by atoms with Crippen molar-refractivity contribution >= 4 is 10.8 Å². The van der Waals surface area contributed by atoms with E-state index in [-0.39, 0.29) is 6.04 Å². The molecular formula is C18H19NO2. The van der Waals surface area contributed by atoms with Crippen LogP contribution in [0.15, 0.2) is 53.1 Å². The third-order valence-electron chi connectivity index (χ3n) is 3.87. The molecule has 0 bridgehead atoms. The van der Waals surface area contributed by atoms with Gasteiger partial charge in [-0.05, 0) is 40.6 Å². The summed E-state index contributed by atoms with van der Waals surface area (Å²) in [5.74, 6) is 1.82. The summed E-state index contributed by atoms with van der Waals surface area (Å²) < 4.78 is 10.7. The second-order valence-corrected chi connectivity index (χ2v) is 5.10. The van der Waals surface area contributed by atoms with E-state index in [1.54, 1.807) is 13.4 Å². The molecule has 0 aliphatic carbocycles. The smallest absolute Gasteiger partial charge is 0.119 e. The van der Waals surface area contributed by atoms with E-state index in [0.717, 1.165) is 39.8 Å². The number of furan rings is 1. The van der Waals surface area contributed by atoms with Gasteiger partial charge in [0, 0.05) is 12.0 Å². The molecule has 0 fully saturated rings. The van der Waals surface area contributed by atoms with Crippen LogP contribution in [0.2, 0.25) is 0 Å². The lowest BCUT2D eigenvalue weighted by Crippen LogP contribution is -2.12. The second kappa shape index (κ2) is 5.62. The van der Waals surface area contributed by atoms with E-state index in [1.807, 2.05) is 18.2 Å². The number of hydrogen-bond acceptors (Lipinski definition) is 3. The lowest BCUT2D eigenvalue weighted by molar-refractivity contribution is 0.415. The zero-order valence-corrected chi connectivity index (χ0v) is 12.3. The third kappa shape index (κ3) is 2.52. The molecule has 3 nitrogen and oxygen atoms in total. The summed E-state index contributed by atoms with van der Waals surface area (Å²) in [4.78, 5) is 0. The monoisotopic (exact) mass is 281 g/mol. The number of hydrogen-bond donors (Lipinski definition) is 1. The van der Waals surface area contributed by atoms with E-state index in [4.69, 9.17) is 14.9 Å². The fourth-order valence-electron chi connectivity index (χ4n) is 2.66. The van der Waals surface area contributed by atoms with Crippen molar-refractivity contribution in [3.8, 4) is 5.75 Å². The molecule has 1 unspecified atom stereocenters. The lowest BCUT2D eigenvalue weighted by atomic mass is 9.96. The third-order valence-corrected chi connectivity index (χ3v) is 3.87. The van der Waals surface area contributed by atoms with Gasteiger partial charge in [-0.2, -0.15) is 0 Å². The van der Waals surface area contributed by atoms with Crippen molar-refractivity contribution in [3.05, 3.63) is 65.6 Å². The summed E-state index contributed by atoms with van der Waals surface area (Å²) in [7, 11) is 1.68. The number of rotatable bonds is 4. The molecule has 0 aliphatic heterocycles. The molecule has 1 heterocycles. The summed E-state index contributed by atoms with van der Waals surface area (Å²) in [6.45, 7) is 2.07. The number of methoxy groups -OCH3 is 1. The highest BCUT2D eigenvalue weighted by Gasteiger charge is 2.15. The van der Waals surface area contributed by atoms with Crippen molar-refractivity contribution in [2.24, 2.45) is 5.73 Å². The summed E-state index contributed by atoms with van der Waals surface area (Å²) >= 11 is 0. The van der Waals surface area contributed by atoms with Gasteiger partial charge in [-0.3, -0.25) is 0 Å². The predicted molar refractivity (Wildman–Crippen MR) is 84.6 cm³/mol. The Morgan fingerprint density at radius 2 is 1.86 bits per heavy atom. The molecule has 2 aromatic carbocycles. The standard InChI is InChI=1S/C18H19NO2/c1-3-17-16(8-9-21-17)18(19)14-5-4-13-11-15(20-2)7-6-12(13)10-14/h4-11,18H,3,19H2,1-2H3. The molecule has 1 aromatic heterocycles. The zero-order valence-electron chi connectivity index (χ0n) is 12.3. The average molecular weight is 281 g/mol. The first kappa shape index (κ1) is 13.7. The molecule has 0 saturated heterocycles. The van der Waals surface area contributed by atoms with E-state index < -0.39 is 0 Å². The Morgan fingerprint density at radius 3 is 2.62 bits per heavy atom. The molecule has 0 aliphatic rings. The Hall–Kier alpha value is -2.26. The Kier molecular flexibility index (Phi) is 3.67. The van der Waals surface area contributed by atoms with Crippen molar-refractivity contribution in [2.45, 2.75) is 19.4 Å². The van der Waals surface area contributed by atoms with Gasteiger partial charge in [-0.1, -0.05) is 25.1 Å². The Labute approximate surface area is 124 Å². The Morgan fingerprint density at radius 1 is 1.10 bits per heavy atom. The number of aryl methyl sites for hydroxylation is 1. The molecule has 2 N–H and O–H groups in total. The minimum Gasteiger partial charge on any atom is -0.497 e. The van der Waals surface area contributed by atoms with Gasteiger partial charge in [0.25, 0.3) is 0 Å². The van der Waals surface area contributed by atoms with Crippen LogP contribution in [0.3, 0.4) is 0 Å². The Bertz CT molecular complexity index is 761. The van der Waals surface area contributed by atoms with E-state index >= 15 is 0 Å². The fraction of sp³-hybridized carbons (Fsp3) is 0.222. The minimum absolute atomic E-state index is 0.162. The van der Waals surface area contributed by atoms with Crippen molar-refractivity contribution in [3.63, 3.8) is 0 Å². The minimum atomic E-state index is -0.162. The highest BCUT2D eigenvalue weighted by Crippen LogP contribution is 2.28. The van der Waals surface area contributed by atoms with Crippen molar-refractivity contribution in [2.75, 3.05) is 7.11 Å². The fourth-order valence-corrected chi connectivity index (χ4v) is 2.66.